The molecule has 0 radical (unpaired) electrons. The number of anilines is 1. The molecule has 0 unspecified atom stereocenters. The molecular weight excluding hydrogens is 326 g/mol. The molecule has 2 N–H and O–H groups in total. The van der Waals surface area contributed by atoms with Gasteiger partial charge in [0.15, 0.2) is 6.61 Å². The molecule has 1 aliphatic rings. The second-order valence-electron chi connectivity index (χ2n) is 5.75. The third-order valence-corrected chi connectivity index (χ3v) is 4.80. The van der Waals surface area contributed by atoms with Crippen molar-refractivity contribution in [1.82, 2.24) is 10.2 Å². The van der Waals surface area contributed by atoms with Crippen LogP contribution < -0.4 is 15.4 Å². The zero-order valence-electron chi connectivity index (χ0n) is 13.5. The molecule has 0 bridgehead atoms. The van der Waals surface area contributed by atoms with E-state index in [1.807, 2.05) is 25.5 Å². The van der Waals surface area contributed by atoms with Crippen molar-refractivity contribution in [2.75, 3.05) is 32.6 Å². The quantitative estimate of drug-likeness (QED) is 0.871. The van der Waals surface area contributed by atoms with Gasteiger partial charge in [-0.2, -0.15) is 0 Å². The molecular formula is C17H19N3O3S. The molecule has 2 aromatic rings. The molecule has 0 fully saturated rings. The van der Waals surface area contributed by atoms with Crippen molar-refractivity contribution in [3.05, 3.63) is 46.2 Å². The average molecular weight is 345 g/mol. The van der Waals surface area contributed by atoms with Crippen molar-refractivity contribution in [3.63, 3.8) is 0 Å². The van der Waals surface area contributed by atoms with Crippen molar-refractivity contribution in [2.24, 2.45) is 0 Å². The van der Waals surface area contributed by atoms with Gasteiger partial charge in [0.05, 0.1) is 11.7 Å². The number of hydrogen-bond donors (Lipinski definition) is 2. The van der Waals surface area contributed by atoms with Crippen LogP contribution in [0.4, 0.5) is 5.69 Å². The summed E-state index contributed by atoms with van der Waals surface area (Å²) in [6.07, 6.45) is 0. The maximum atomic E-state index is 12.4. The van der Waals surface area contributed by atoms with Crippen LogP contribution in [0.5, 0.6) is 5.75 Å². The van der Waals surface area contributed by atoms with Crippen molar-refractivity contribution < 1.29 is 14.3 Å². The third kappa shape index (κ3) is 3.58. The van der Waals surface area contributed by atoms with Crippen molar-refractivity contribution in [3.8, 4) is 5.75 Å². The highest BCUT2D eigenvalue weighted by Crippen LogP contribution is 2.28. The lowest BCUT2D eigenvalue weighted by atomic mass is 10.1. The Balaban J connectivity index is 1.68. The van der Waals surface area contributed by atoms with Gasteiger partial charge in [-0.3, -0.25) is 9.59 Å². The highest BCUT2D eigenvalue weighted by atomic mass is 32.1. The number of thiophene rings is 1. The third-order valence-electron chi connectivity index (χ3n) is 3.83. The van der Waals surface area contributed by atoms with E-state index in [0.29, 0.717) is 23.5 Å². The van der Waals surface area contributed by atoms with Gasteiger partial charge in [-0.15, -0.1) is 11.3 Å². The van der Waals surface area contributed by atoms with Gasteiger partial charge < -0.3 is 20.3 Å². The van der Waals surface area contributed by atoms with Crippen molar-refractivity contribution >= 4 is 28.8 Å². The molecule has 0 spiro atoms. The Hall–Kier alpha value is -2.38. The van der Waals surface area contributed by atoms with Gasteiger partial charge in [-0.25, -0.2) is 0 Å². The minimum atomic E-state index is -0.190. The lowest BCUT2D eigenvalue weighted by Crippen LogP contribution is -2.34. The number of nitrogens with zero attached hydrogens (tertiary/aromatic N) is 1. The maximum Gasteiger partial charge on any atom is 0.262 e. The van der Waals surface area contributed by atoms with Crippen LogP contribution in [0.25, 0.3) is 0 Å². The molecule has 2 heterocycles. The summed E-state index contributed by atoms with van der Waals surface area (Å²) in [4.78, 5) is 27.0. The molecule has 1 aromatic carbocycles. The summed E-state index contributed by atoms with van der Waals surface area (Å²) in [7, 11) is 3.98. The van der Waals surface area contributed by atoms with Gasteiger partial charge in [-0.1, -0.05) is 6.07 Å². The number of rotatable bonds is 5. The normalized spacial score (nSPS) is 14.5. The average Bonchev–Trinajstić information content (AvgIpc) is 3.08. The first-order chi connectivity index (χ1) is 11.5. The number of likely N-dealkylation sites (N-methyl/N-ethyl adjacent to an activating group) is 1. The van der Waals surface area contributed by atoms with E-state index >= 15 is 0 Å². The number of ether oxygens (including phenoxy) is 1. The predicted octanol–water partition coefficient (Wildman–Crippen LogP) is 2.11. The molecule has 126 valence electrons. The van der Waals surface area contributed by atoms with Crippen LogP contribution >= 0.6 is 11.3 Å². The summed E-state index contributed by atoms with van der Waals surface area (Å²) in [5, 5.41) is 7.71. The van der Waals surface area contributed by atoms with Crippen LogP contribution in [0.1, 0.15) is 21.3 Å². The van der Waals surface area contributed by atoms with Crippen LogP contribution in [-0.4, -0.2) is 44.0 Å². The van der Waals surface area contributed by atoms with E-state index in [1.165, 1.54) is 4.88 Å². The molecule has 3 rings (SSSR count). The van der Waals surface area contributed by atoms with Crippen molar-refractivity contribution in [1.29, 1.82) is 0 Å². The van der Waals surface area contributed by atoms with Gasteiger partial charge in [0.25, 0.3) is 11.8 Å². The first kappa shape index (κ1) is 16.5. The minimum absolute atomic E-state index is 0.0286. The predicted molar refractivity (Wildman–Crippen MR) is 93.6 cm³/mol. The molecule has 2 amide bonds. The van der Waals surface area contributed by atoms with E-state index in [0.717, 1.165) is 0 Å². The number of fused-ring (bicyclic) bond motifs is 1. The highest BCUT2D eigenvalue weighted by Gasteiger charge is 2.20. The SMILES string of the molecule is CN(C)[C@H](CNC(=O)c1ccc2c(c1)OCC(=O)N2)c1cccs1. The second kappa shape index (κ2) is 7.02. The lowest BCUT2D eigenvalue weighted by molar-refractivity contribution is -0.118. The first-order valence-electron chi connectivity index (χ1n) is 7.59. The van der Waals surface area contributed by atoms with E-state index in [2.05, 4.69) is 21.6 Å². The topological polar surface area (TPSA) is 70.7 Å². The summed E-state index contributed by atoms with van der Waals surface area (Å²) in [6, 6.07) is 9.22. The molecule has 1 atom stereocenters. The molecule has 0 saturated heterocycles. The Labute approximate surface area is 144 Å². The van der Waals surface area contributed by atoms with Crippen molar-refractivity contribution in [2.45, 2.75) is 6.04 Å². The summed E-state index contributed by atoms with van der Waals surface area (Å²) in [5.74, 6) is 0.163. The van der Waals surface area contributed by atoms with Gasteiger partial charge >= 0.3 is 0 Å². The Morgan fingerprint density at radius 1 is 1.42 bits per heavy atom. The van der Waals surface area contributed by atoms with Crippen LogP contribution in [0.2, 0.25) is 0 Å². The summed E-state index contributed by atoms with van der Waals surface area (Å²) in [6.45, 7) is 0.486. The fraction of sp³-hybridized carbons (Fsp3) is 0.294. The lowest BCUT2D eigenvalue weighted by Gasteiger charge is -2.24. The number of hydrogen-bond acceptors (Lipinski definition) is 5. The molecule has 1 aliphatic heterocycles. The number of amides is 2. The van der Waals surface area contributed by atoms with Gasteiger partial charge in [-0.05, 0) is 43.7 Å². The van der Waals surface area contributed by atoms with Gasteiger partial charge in [0.2, 0.25) is 0 Å². The largest absolute Gasteiger partial charge is 0.482 e. The summed E-state index contributed by atoms with van der Waals surface area (Å²) >= 11 is 1.67. The molecule has 0 aliphatic carbocycles. The maximum absolute atomic E-state index is 12.4. The van der Waals surface area contributed by atoms with Gasteiger partial charge in [0.1, 0.15) is 5.75 Å². The number of nitrogens with one attached hydrogen (secondary N) is 2. The van der Waals surface area contributed by atoms with E-state index in [-0.39, 0.29) is 24.5 Å². The summed E-state index contributed by atoms with van der Waals surface area (Å²) < 4.78 is 5.35. The molecule has 0 saturated carbocycles. The standard InChI is InChI=1S/C17H19N3O3S/c1-20(2)13(15-4-3-7-24-15)9-18-17(22)11-5-6-12-14(8-11)23-10-16(21)19-12/h3-8,13H,9-10H2,1-2H3,(H,18,22)(H,19,21)/t13-/m1/s1. The van der Waals surface area contributed by atoms with E-state index in [4.69, 9.17) is 4.74 Å². The second-order valence-corrected chi connectivity index (χ2v) is 6.73. The fourth-order valence-electron chi connectivity index (χ4n) is 2.53. The fourth-order valence-corrected chi connectivity index (χ4v) is 3.45. The van der Waals surface area contributed by atoms with Crippen LogP contribution in [-0.2, 0) is 4.79 Å². The number of carbonyl (C=O) groups is 2. The molecule has 6 nitrogen and oxygen atoms in total. The number of carbonyl (C=O) groups excluding carboxylic acids is 2. The Morgan fingerprint density at radius 2 is 2.25 bits per heavy atom. The minimum Gasteiger partial charge on any atom is -0.482 e. The van der Waals surface area contributed by atoms with Crippen LogP contribution in [0, 0.1) is 0 Å². The zero-order chi connectivity index (χ0) is 17.1. The Bertz CT molecular complexity index is 744. The van der Waals surface area contributed by atoms with Crippen LogP contribution in [0.3, 0.4) is 0 Å². The number of benzene rings is 1. The highest BCUT2D eigenvalue weighted by molar-refractivity contribution is 7.10. The molecule has 24 heavy (non-hydrogen) atoms. The van der Waals surface area contributed by atoms with E-state index in [1.54, 1.807) is 29.5 Å². The smallest absolute Gasteiger partial charge is 0.262 e. The summed E-state index contributed by atoms with van der Waals surface area (Å²) in [5.41, 5.74) is 1.10. The van der Waals surface area contributed by atoms with Gasteiger partial charge in [0, 0.05) is 17.0 Å². The van der Waals surface area contributed by atoms with E-state index in [9.17, 15) is 9.59 Å². The Morgan fingerprint density at radius 3 is 2.96 bits per heavy atom. The monoisotopic (exact) mass is 345 g/mol. The molecule has 7 heteroatoms. The zero-order valence-corrected chi connectivity index (χ0v) is 14.4. The van der Waals surface area contributed by atoms with E-state index < -0.39 is 0 Å². The first-order valence-corrected chi connectivity index (χ1v) is 8.47. The molecule has 1 aromatic heterocycles. The Kier molecular flexibility index (Phi) is 4.82. The van der Waals surface area contributed by atoms with Crippen LogP contribution in [0.15, 0.2) is 35.7 Å².